The maximum atomic E-state index is 10.3. The third-order valence-electron chi connectivity index (χ3n) is 7.26. The number of pyridine rings is 2. The lowest BCUT2D eigenvalue weighted by Crippen LogP contribution is -2.50. The first-order valence-electron chi connectivity index (χ1n) is 11.6. The molecule has 5 heterocycles. The zero-order chi connectivity index (χ0) is 21.0. The van der Waals surface area contributed by atoms with Crippen molar-refractivity contribution in [3.05, 3.63) is 11.1 Å². The number of piperidine rings is 1. The fourth-order valence-corrected chi connectivity index (χ4v) is 5.92. The highest BCUT2D eigenvalue weighted by Gasteiger charge is 2.40. The topological polar surface area (TPSA) is 86.1 Å². The van der Waals surface area contributed by atoms with Crippen LogP contribution < -0.4 is 20.3 Å². The molecule has 0 amide bonds. The zero-order valence-corrected chi connectivity index (χ0v) is 18.4. The monoisotopic (exact) mass is 438 g/mol. The predicted molar refractivity (Wildman–Crippen MR) is 122 cm³/mol. The number of ether oxygens (including phenoxy) is 1. The zero-order valence-electron chi connectivity index (χ0n) is 17.6. The fraction of sp³-hybridized carbons (Fsp3) is 0.609. The smallest absolute Gasteiger partial charge is 0.219 e. The lowest BCUT2D eigenvalue weighted by atomic mass is 9.86. The SMILES string of the molecule is N#Cc1c(N2CCCCC2)nc2c3c(nc4c(c13)C[C@H](CCl)O4)NC1(CCCCC1)N2. The fourth-order valence-electron chi connectivity index (χ4n) is 5.75. The van der Waals surface area contributed by atoms with Gasteiger partial charge in [0.2, 0.25) is 5.88 Å². The summed E-state index contributed by atoms with van der Waals surface area (Å²) < 4.78 is 6.08. The summed E-state index contributed by atoms with van der Waals surface area (Å²) in [5, 5.41) is 19.6. The molecule has 6 rings (SSSR count). The lowest BCUT2D eigenvalue weighted by Gasteiger charge is -2.43. The molecule has 8 heteroatoms. The van der Waals surface area contributed by atoms with Crippen LogP contribution in [0.15, 0.2) is 0 Å². The van der Waals surface area contributed by atoms with Crippen molar-refractivity contribution in [1.82, 2.24) is 9.97 Å². The number of nitrogens with one attached hydrogen (secondary N) is 2. The maximum absolute atomic E-state index is 10.3. The summed E-state index contributed by atoms with van der Waals surface area (Å²) in [6.07, 6.45) is 9.72. The number of nitriles is 1. The van der Waals surface area contributed by atoms with Crippen molar-refractivity contribution < 1.29 is 4.74 Å². The average Bonchev–Trinajstić information content (AvgIpc) is 3.22. The molecule has 3 aliphatic heterocycles. The normalized spacial score (nSPS) is 23.6. The number of aromatic nitrogens is 2. The quantitative estimate of drug-likeness (QED) is 0.666. The number of halogens is 1. The molecule has 2 N–H and O–H groups in total. The molecule has 2 aromatic heterocycles. The summed E-state index contributed by atoms with van der Waals surface area (Å²) in [6, 6.07) is 2.50. The summed E-state index contributed by atoms with van der Waals surface area (Å²) in [6.45, 7) is 1.88. The van der Waals surface area contributed by atoms with Crippen molar-refractivity contribution in [3.8, 4) is 11.9 Å². The Morgan fingerprint density at radius 1 is 1.03 bits per heavy atom. The number of fused-ring (bicyclic) bond motifs is 2. The number of anilines is 3. The van der Waals surface area contributed by atoms with E-state index in [4.69, 9.17) is 26.3 Å². The van der Waals surface area contributed by atoms with Gasteiger partial charge in [-0.15, -0.1) is 11.6 Å². The third-order valence-corrected chi connectivity index (χ3v) is 7.60. The molecule has 1 atom stereocenters. The molecule has 1 saturated carbocycles. The van der Waals surface area contributed by atoms with Crippen LogP contribution in [0, 0.1) is 11.3 Å². The van der Waals surface area contributed by atoms with Gasteiger partial charge >= 0.3 is 0 Å². The summed E-state index contributed by atoms with van der Waals surface area (Å²) in [5.41, 5.74) is 1.40. The number of nitrogens with zero attached hydrogens (tertiary/aromatic N) is 4. The first-order chi connectivity index (χ1) is 15.2. The summed E-state index contributed by atoms with van der Waals surface area (Å²) in [4.78, 5) is 12.3. The van der Waals surface area contributed by atoms with Gasteiger partial charge in [0.05, 0.1) is 11.3 Å². The van der Waals surface area contributed by atoms with Crippen LogP contribution in [0.3, 0.4) is 0 Å². The van der Waals surface area contributed by atoms with Gasteiger partial charge in [0, 0.05) is 30.5 Å². The Kier molecular flexibility index (Phi) is 4.53. The highest BCUT2D eigenvalue weighted by molar-refractivity contribution is 6.18. The van der Waals surface area contributed by atoms with E-state index in [0.717, 1.165) is 72.6 Å². The first-order valence-corrected chi connectivity index (χ1v) is 12.1. The number of alkyl halides is 1. The summed E-state index contributed by atoms with van der Waals surface area (Å²) in [5.74, 6) is 3.47. The van der Waals surface area contributed by atoms with Crippen molar-refractivity contribution in [2.45, 2.75) is 69.6 Å². The minimum Gasteiger partial charge on any atom is -0.472 e. The number of hydrogen-bond acceptors (Lipinski definition) is 7. The van der Waals surface area contributed by atoms with E-state index in [-0.39, 0.29) is 11.8 Å². The Bertz CT molecular complexity index is 1080. The first kappa shape index (κ1) is 19.2. The van der Waals surface area contributed by atoms with E-state index in [1.807, 2.05) is 0 Å². The van der Waals surface area contributed by atoms with E-state index in [0.29, 0.717) is 23.7 Å². The molecule has 31 heavy (non-hydrogen) atoms. The van der Waals surface area contributed by atoms with E-state index in [1.54, 1.807) is 0 Å². The molecule has 7 nitrogen and oxygen atoms in total. The van der Waals surface area contributed by atoms with E-state index in [9.17, 15) is 5.26 Å². The second-order valence-corrected chi connectivity index (χ2v) is 9.61. The van der Waals surface area contributed by atoms with E-state index in [1.165, 1.54) is 25.7 Å². The van der Waals surface area contributed by atoms with Crippen LogP contribution in [0.4, 0.5) is 17.5 Å². The van der Waals surface area contributed by atoms with E-state index < -0.39 is 0 Å². The van der Waals surface area contributed by atoms with Crippen molar-refractivity contribution in [2.24, 2.45) is 0 Å². The van der Waals surface area contributed by atoms with Crippen LogP contribution in [0.2, 0.25) is 0 Å². The van der Waals surface area contributed by atoms with Crippen molar-refractivity contribution >= 4 is 39.8 Å². The van der Waals surface area contributed by atoms with Gasteiger partial charge in [-0.1, -0.05) is 6.42 Å². The van der Waals surface area contributed by atoms with Gasteiger partial charge in [-0.3, -0.25) is 0 Å². The predicted octanol–water partition coefficient (Wildman–Crippen LogP) is 4.53. The van der Waals surface area contributed by atoms with Crippen molar-refractivity contribution in [1.29, 1.82) is 5.26 Å². The summed E-state index contributed by atoms with van der Waals surface area (Å²) in [7, 11) is 0. The standard InChI is InChI=1S/C23H27ClN6O/c24-12-14-11-15-17-16(13-25)21(30-9-5-2-6-10-30)26-19-18(17)20(27-22(15)31-14)29-23(28-19)7-3-1-4-8-23/h14H,1-12H2,(H,26,28)(H,27,29)/t14-/m1/s1. The Labute approximate surface area is 187 Å². The van der Waals surface area contributed by atoms with E-state index >= 15 is 0 Å². The van der Waals surface area contributed by atoms with Gasteiger partial charge in [0.15, 0.2) is 0 Å². The van der Waals surface area contributed by atoms with Crippen molar-refractivity contribution in [2.75, 3.05) is 34.5 Å². The van der Waals surface area contributed by atoms with Gasteiger partial charge in [0.1, 0.15) is 40.9 Å². The van der Waals surface area contributed by atoms with Crippen LogP contribution in [0.25, 0.3) is 10.8 Å². The molecule has 0 bridgehead atoms. The largest absolute Gasteiger partial charge is 0.472 e. The Morgan fingerprint density at radius 2 is 1.74 bits per heavy atom. The third kappa shape index (κ3) is 2.99. The Hall–Kier alpha value is -2.46. The molecule has 2 aromatic rings. The van der Waals surface area contributed by atoms with Gasteiger partial charge in [-0.25, -0.2) is 4.98 Å². The molecular weight excluding hydrogens is 412 g/mol. The second-order valence-electron chi connectivity index (χ2n) is 9.30. The average molecular weight is 439 g/mol. The number of hydrogen-bond donors (Lipinski definition) is 2. The molecule has 1 spiro atoms. The van der Waals surface area contributed by atoms with Crippen LogP contribution in [-0.2, 0) is 6.42 Å². The minimum atomic E-state index is -0.232. The van der Waals surface area contributed by atoms with Gasteiger partial charge in [0.25, 0.3) is 0 Å². The van der Waals surface area contributed by atoms with Crippen molar-refractivity contribution in [3.63, 3.8) is 0 Å². The maximum Gasteiger partial charge on any atom is 0.219 e. The highest BCUT2D eigenvalue weighted by atomic mass is 35.5. The molecule has 2 fully saturated rings. The molecular formula is C23H27ClN6O. The van der Waals surface area contributed by atoms with Gasteiger partial charge < -0.3 is 20.3 Å². The van der Waals surface area contributed by atoms with Crippen LogP contribution in [0.1, 0.15) is 62.5 Å². The lowest BCUT2D eigenvalue weighted by molar-refractivity contribution is 0.249. The minimum absolute atomic E-state index is 0.110. The van der Waals surface area contributed by atoms with Gasteiger partial charge in [-0.2, -0.15) is 10.2 Å². The Balaban J connectivity index is 1.60. The molecule has 0 unspecified atom stereocenters. The molecule has 1 aliphatic carbocycles. The molecule has 1 saturated heterocycles. The molecule has 0 radical (unpaired) electrons. The Morgan fingerprint density at radius 3 is 2.45 bits per heavy atom. The highest BCUT2D eigenvalue weighted by Crippen LogP contribution is 2.48. The van der Waals surface area contributed by atoms with E-state index in [2.05, 4.69) is 21.6 Å². The summed E-state index contributed by atoms with van der Waals surface area (Å²) >= 11 is 6.14. The number of rotatable bonds is 2. The van der Waals surface area contributed by atoms with Crippen LogP contribution in [-0.4, -0.2) is 40.7 Å². The van der Waals surface area contributed by atoms with Crippen LogP contribution in [0.5, 0.6) is 5.88 Å². The van der Waals surface area contributed by atoms with Gasteiger partial charge in [-0.05, 0) is 44.9 Å². The second kappa shape index (κ2) is 7.30. The molecule has 0 aromatic carbocycles. The molecule has 162 valence electrons. The van der Waals surface area contributed by atoms with Crippen LogP contribution >= 0.6 is 11.6 Å². The molecule has 4 aliphatic rings.